The quantitative estimate of drug-likeness (QED) is 0.869. The summed E-state index contributed by atoms with van der Waals surface area (Å²) in [5.74, 6) is 0. The van der Waals surface area contributed by atoms with Crippen LogP contribution < -0.4 is 4.90 Å². The predicted molar refractivity (Wildman–Crippen MR) is 94.0 cm³/mol. The van der Waals surface area contributed by atoms with E-state index in [2.05, 4.69) is 33.9 Å². The molecule has 122 valence electrons. The van der Waals surface area contributed by atoms with Gasteiger partial charge < -0.3 is 14.6 Å². The first-order valence-electron chi connectivity index (χ1n) is 8.78. The molecule has 0 spiro atoms. The van der Waals surface area contributed by atoms with E-state index in [-0.39, 0.29) is 0 Å². The van der Waals surface area contributed by atoms with Crippen molar-refractivity contribution in [3.63, 3.8) is 0 Å². The first-order chi connectivity index (χ1) is 11.3. The zero-order valence-corrected chi connectivity index (χ0v) is 13.8. The third-order valence-electron chi connectivity index (χ3n) is 5.28. The number of pyridine rings is 1. The molecule has 0 aromatic carbocycles. The van der Waals surface area contributed by atoms with Gasteiger partial charge in [-0.2, -0.15) is 0 Å². The minimum atomic E-state index is 0.511. The van der Waals surface area contributed by atoms with E-state index >= 15 is 0 Å². The Labute approximate surface area is 137 Å². The van der Waals surface area contributed by atoms with Gasteiger partial charge in [0, 0.05) is 31.3 Å². The lowest BCUT2D eigenvalue weighted by Crippen LogP contribution is -2.29. The van der Waals surface area contributed by atoms with Crippen LogP contribution >= 0.6 is 0 Å². The number of rotatable bonds is 4. The molecule has 0 aliphatic carbocycles. The van der Waals surface area contributed by atoms with E-state index in [1.165, 1.54) is 42.3 Å². The van der Waals surface area contributed by atoms with Crippen LogP contribution in [0.5, 0.6) is 0 Å². The fourth-order valence-corrected chi connectivity index (χ4v) is 3.82. The molecule has 1 unspecified atom stereocenters. The minimum absolute atomic E-state index is 0.511. The second-order valence-corrected chi connectivity index (χ2v) is 6.74. The summed E-state index contributed by atoms with van der Waals surface area (Å²) in [6.07, 6.45) is 13.0. The van der Waals surface area contributed by atoms with Crippen LogP contribution in [0.4, 0.5) is 5.69 Å². The molecule has 0 saturated carbocycles. The lowest BCUT2D eigenvalue weighted by molar-refractivity contribution is 0.104. The lowest BCUT2D eigenvalue weighted by atomic mass is 9.99. The van der Waals surface area contributed by atoms with Crippen molar-refractivity contribution >= 4 is 16.7 Å². The molecule has 23 heavy (non-hydrogen) atoms. The van der Waals surface area contributed by atoms with Gasteiger partial charge in [0.2, 0.25) is 0 Å². The standard InChI is InChI=1S/C19H25N3O/c1-14-17-6-9-20-19(17)21-13-18(14)22-10-7-15(8-11-22)4-5-16-3-2-12-23-16/h6-7,9,13,16H,2-5,8,10-12H2,1H3,(H,20,21). The van der Waals surface area contributed by atoms with Crippen LogP contribution in [0.2, 0.25) is 0 Å². The van der Waals surface area contributed by atoms with Gasteiger partial charge in [-0.05, 0) is 50.7 Å². The van der Waals surface area contributed by atoms with Gasteiger partial charge in [-0.25, -0.2) is 4.98 Å². The molecular formula is C19H25N3O. The number of aromatic amines is 1. The maximum atomic E-state index is 5.73. The summed E-state index contributed by atoms with van der Waals surface area (Å²) in [6, 6.07) is 2.12. The van der Waals surface area contributed by atoms with Crippen LogP contribution in [0.25, 0.3) is 11.0 Å². The van der Waals surface area contributed by atoms with Gasteiger partial charge in [0.25, 0.3) is 0 Å². The molecule has 0 bridgehead atoms. The van der Waals surface area contributed by atoms with E-state index in [1.807, 2.05) is 12.4 Å². The minimum Gasteiger partial charge on any atom is -0.378 e. The van der Waals surface area contributed by atoms with Crippen LogP contribution in [-0.4, -0.2) is 35.8 Å². The number of hydrogen-bond acceptors (Lipinski definition) is 3. The first-order valence-corrected chi connectivity index (χ1v) is 8.78. The van der Waals surface area contributed by atoms with Gasteiger partial charge in [0.05, 0.1) is 18.0 Å². The average molecular weight is 311 g/mol. The molecule has 4 heteroatoms. The highest BCUT2D eigenvalue weighted by Gasteiger charge is 2.19. The molecule has 2 aromatic rings. The van der Waals surface area contributed by atoms with Gasteiger partial charge in [0.1, 0.15) is 5.65 Å². The summed E-state index contributed by atoms with van der Waals surface area (Å²) in [7, 11) is 0. The molecule has 1 fully saturated rings. The number of nitrogens with one attached hydrogen (secondary N) is 1. The van der Waals surface area contributed by atoms with E-state index in [0.717, 1.165) is 31.8 Å². The normalized spacial score (nSPS) is 21.9. The molecular weight excluding hydrogens is 286 g/mol. The number of nitrogens with zero attached hydrogens (tertiary/aromatic N) is 2. The highest BCUT2D eigenvalue weighted by atomic mass is 16.5. The number of aromatic nitrogens is 2. The van der Waals surface area contributed by atoms with Gasteiger partial charge >= 0.3 is 0 Å². The summed E-state index contributed by atoms with van der Waals surface area (Å²) in [6.45, 7) is 5.25. The molecule has 4 nitrogen and oxygen atoms in total. The van der Waals surface area contributed by atoms with Crippen molar-refractivity contribution in [2.75, 3.05) is 24.6 Å². The largest absolute Gasteiger partial charge is 0.378 e. The van der Waals surface area contributed by atoms with Gasteiger partial charge in [-0.3, -0.25) is 0 Å². The van der Waals surface area contributed by atoms with Crippen LogP contribution in [0.1, 0.15) is 37.7 Å². The Morgan fingerprint density at radius 2 is 2.39 bits per heavy atom. The Morgan fingerprint density at radius 1 is 1.43 bits per heavy atom. The molecule has 1 atom stereocenters. The Balaban J connectivity index is 1.42. The maximum Gasteiger partial charge on any atom is 0.137 e. The first kappa shape index (κ1) is 14.8. The van der Waals surface area contributed by atoms with E-state index in [0.29, 0.717) is 6.10 Å². The molecule has 4 heterocycles. The molecule has 2 aromatic heterocycles. The van der Waals surface area contributed by atoms with Crippen LogP contribution in [-0.2, 0) is 4.74 Å². The second-order valence-electron chi connectivity index (χ2n) is 6.74. The van der Waals surface area contributed by atoms with Crippen LogP contribution in [0.3, 0.4) is 0 Å². The number of H-pyrrole nitrogens is 1. The molecule has 1 N–H and O–H groups in total. The van der Waals surface area contributed by atoms with Crippen molar-refractivity contribution in [3.8, 4) is 0 Å². The third-order valence-corrected chi connectivity index (χ3v) is 5.28. The summed E-state index contributed by atoms with van der Waals surface area (Å²) in [5.41, 5.74) is 5.18. The molecule has 1 saturated heterocycles. The van der Waals surface area contributed by atoms with E-state index < -0.39 is 0 Å². The molecule has 0 amide bonds. The van der Waals surface area contributed by atoms with Crippen molar-refractivity contribution in [2.45, 2.75) is 45.1 Å². The smallest absolute Gasteiger partial charge is 0.137 e. The topological polar surface area (TPSA) is 41.1 Å². The SMILES string of the molecule is Cc1c(N2CC=C(CCC3CCCO3)CC2)cnc2[nH]ccc12. The van der Waals surface area contributed by atoms with Gasteiger partial charge in [0.15, 0.2) is 0 Å². The Kier molecular flexibility index (Phi) is 4.08. The van der Waals surface area contributed by atoms with E-state index in [9.17, 15) is 0 Å². The van der Waals surface area contributed by atoms with E-state index in [1.54, 1.807) is 5.57 Å². The van der Waals surface area contributed by atoms with Crippen LogP contribution in [0, 0.1) is 6.92 Å². The number of anilines is 1. The zero-order chi connectivity index (χ0) is 15.6. The molecule has 4 rings (SSSR count). The van der Waals surface area contributed by atoms with Crippen molar-refractivity contribution in [3.05, 3.63) is 35.7 Å². The fraction of sp³-hybridized carbons (Fsp3) is 0.526. The number of hydrogen-bond donors (Lipinski definition) is 1. The monoisotopic (exact) mass is 311 g/mol. The number of aryl methyl sites for hydroxylation is 1. The summed E-state index contributed by atoms with van der Waals surface area (Å²) < 4.78 is 5.73. The second kappa shape index (κ2) is 6.36. The number of ether oxygens (including phenoxy) is 1. The van der Waals surface area contributed by atoms with Crippen molar-refractivity contribution in [1.29, 1.82) is 0 Å². The highest BCUT2D eigenvalue weighted by molar-refractivity contribution is 5.84. The average Bonchev–Trinajstić information content (AvgIpc) is 3.26. The predicted octanol–water partition coefficient (Wildman–Crippen LogP) is 3.97. The van der Waals surface area contributed by atoms with Crippen molar-refractivity contribution < 1.29 is 4.74 Å². The summed E-state index contributed by atoms with van der Waals surface area (Å²) >= 11 is 0. The summed E-state index contributed by atoms with van der Waals surface area (Å²) in [5, 5.41) is 1.23. The highest BCUT2D eigenvalue weighted by Crippen LogP contribution is 2.29. The van der Waals surface area contributed by atoms with Gasteiger partial charge in [-0.15, -0.1) is 0 Å². The lowest BCUT2D eigenvalue weighted by Gasteiger charge is -2.30. The Hall–Kier alpha value is -1.81. The Bertz CT molecular complexity index is 712. The molecule has 2 aliphatic heterocycles. The van der Waals surface area contributed by atoms with Gasteiger partial charge in [-0.1, -0.05) is 11.6 Å². The molecule has 0 radical (unpaired) electrons. The van der Waals surface area contributed by atoms with Crippen molar-refractivity contribution in [2.24, 2.45) is 0 Å². The van der Waals surface area contributed by atoms with E-state index in [4.69, 9.17) is 4.74 Å². The maximum absolute atomic E-state index is 5.73. The summed E-state index contributed by atoms with van der Waals surface area (Å²) in [4.78, 5) is 10.2. The molecule has 2 aliphatic rings. The third kappa shape index (κ3) is 3.00. The fourth-order valence-electron chi connectivity index (χ4n) is 3.82. The Morgan fingerprint density at radius 3 is 3.17 bits per heavy atom. The van der Waals surface area contributed by atoms with Crippen molar-refractivity contribution in [1.82, 2.24) is 9.97 Å². The zero-order valence-electron chi connectivity index (χ0n) is 13.8. The van der Waals surface area contributed by atoms with Crippen LogP contribution in [0.15, 0.2) is 30.1 Å². The number of fused-ring (bicyclic) bond motifs is 1.